The van der Waals surface area contributed by atoms with Gasteiger partial charge in [-0.3, -0.25) is 0 Å². The van der Waals surface area contributed by atoms with Gasteiger partial charge in [0.25, 0.3) is 0 Å². The molecule has 0 aliphatic heterocycles. The lowest BCUT2D eigenvalue weighted by atomic mass is 10.1. The van der Waals surface area contributed by atoms with Crippen LogP contribution in [-0.2, 0) is 6.54 Å². The number of aliphatic hydroxyl groups is 1. The molecule has 0 fully saturated rings. The number of para-hydroxylation sites is 1. The summed E-state index contributed by atoms with van der Waals surface area (Å²) in [6.45, 7) is 0.744. The van der Waals surface area contributed by atoms with Crippen LogP contribution in [0.2, 0.25) is 0 Å². The molecule has 1 unspecified atom stereocenters. The Morgan fingerprint density at radius 3 is 2.55 bits per heavy atom. The van der Waals surface area contributed by atoms with Crippen molar-refractivity contribution in [1.29, 1.82) is 0 Å². The lowest BCUT2D eigenvalue weighted by Gasteiger charge is -2.15. The fourth-order valence-electron chi connectivity index (χ4n) is 2.18. The number of aromatic nitrogens is 1. The lowest BCUT2D eigenvalue weighted by molar-refractivity contribution is 0.243. The van der Waals surface area contributed by atoms with E-state index in [-0.39, 0.29) is 12.6 Å². The standard InChI is InChI=1S/C16H16N2OS/c19-11-14(12-6-2-1-3-7-12)17-10-16-18-13-8-4-5-9-15(13)20-16/h1-9,14,17,19H,10-11H2. The average Bonchev–Trinajstić information content (AvgIpc) is 2.92. The Bertz CT molecular complexity index is 648. The first-order chi connectivity index (χ1) is 9.86. The minimum atomic E-state index is -0.0526. The summed E-state index contributed by atoms with van der Waals surface area (Å²) < 4.78 is 1.20. The molecule has 4 heteroatoms. The van der Waals surface area contributed by atoms with E-state index in [0.717, 1.165) is 16.1 Å². The Balaban J connectivity index is 1.71. The van der Waals surface area contributed by atoms with Crippen molar-refractivity contribution >= 4 is 21.6 Å². The van der Waals surface area contributed by atoms with Gasteiger partial charge in [-0.15, -0.1) is 11.3 Å². The molecule has 0 bridgehead atoms. The number of nitrogens with one attached hydrogen (secondary N) is 1. The second-order valence-corrected chi connectivity index (χ2v) is 5.72. The van der Waals surface area contributed by atoms with Gasteiger partial charge in [0.05, 0.1) is 22.9 Å². The van der Waals surface area contributed by atoms with Gasteiger partial charge in [0, 0.05) is 6.54 Å². The molecule has 0 aliphatic carbocycles. The van der Waals surface area contributed by atoms with Gasteiger partial charge in [-0.25, -0.2) is 4.98 Å². The molecule has 0 aliphatic rings. The number of hydrogen-bond acceptors (Lipinski definition) is 4. The Morgan fingerprint density at radius 1 is 1.05 bits per heavy atom. The first kappa shape index (κ1) is 13.2. The van der Waals surface area contributed by atoms with Gasteiger partial charge in [0.1, 0.15) is 5.01 Å². The molecule has 0 saturated carbocycles. The molecule has 0 radical (unpaired) electrons. The largest absolute Gasteiger partial charge is 0.394 e. The molecular formula is C16H16N2OS. The molecule has 3 aromatic rings. The van der Waals surface area contributed by atoms with E-state index in [2.05, 4.69) is 16.4 Å². The van der Waals surface area contributed by atoms with Crippen LogP contribution in [0.5, 0.6) is 0 Å². The zero-order valence-corrected chi connectivity index (χ0v) is 11.8. The van der Waals surface area contributed by atoms with Gasteiger partial charge in [-0.1, -0.05) is 42.5 Å². The number of fused-ring (bicyclic) bond motifs is 1. The van der Waals surface area contributed by atoms with Crippen LogP contribution in [0.1, 0.15) is 16.6 Å². The molecule has 3 rings (SSSR count). The quantitative estimate of drug-likeness (QED) is 0.756. The topological polar surface area (TPSA) is 45.1 Å². The van der Waals surface area contributed by atoms with Crippen LogP contribution in [0.3, 0.4) is 0 Å². The molecule has 20 heavy (non-hydrogen) atoms. The van der Waals surface area contributed by atoms with Gasteiger partial charge < -0.3 is 10.4 Å². The molecule has 0 amide bonds. The second kappa shape index (κ2) is 6.13. The SMILES string of the molecule is OCC(NCc1nc2ccccc2s1)c1ccccc1. The van der Waals surface area contributed by atoms with Crippen molar-refractivity contribution in [3.63, 3.8) is 0 Å². The average molecular weight is 284 g/mol. The summed E-state index contributed by atoms with van der Waals surface area (Å²) in [4.78, 5) is 4.59. The summed E-state index contributed by atoms with van der Waals surface area (Å²) in [6.07, 6.45) is 0. The van der Waals surface area contributed by atoms with Crippen LogP contribution in [0.25, 0.3) is 10.2 Å². The zero-order chi connectivity index (χ0) is 13.8. The van der Waals surface area contributed by atoms with Crippen LogP contribution < -0.4 is 5.32 Å². The molecule has 3 nitrogen and oxygen atoms in total. The van der Waals surface area contributed by atoms with Crippen molar-refractivity contribution in [2.24, 2.45) is 0 Å². The Kier molecular flexibility index (Phi) is 4.06. The number of thiazole rings is 1. The highest BCUT2D eigenvalue weighted by atomic mass is 32.1. The number of aliphatic hydroxyl groups excluding tert-OH is 1. The van der Waals surface area contributed by atoms with Crippen molar-refractivity contribution in [2.75, 3.05) is 6.61 Å². The van der Waals surface area contributed by atoms with Gasteiger partial charge >= 0.3 is 0 Å². The van der Waals surface area contributed by atoms with E-state index >= 15 is 0 Å². The van der Waals surface area contributed by atoms with Crippen molar-refractivity contribution in [3.05, 3.63) is 65.2 Å². The van der Waals surface area contributed by atoms with E-state index < -0.39 is 0 Å². The van der Waals surface area contributed by atoms with Crippen molar-refractivity contribution in [1.82, 2.24) is 10.3 Å². The van der Waals surface area contributed by atoms with E-state index in [0.29, 0.717) is 6.54 Å². The highest BCUT2D eigenvalue weighted by Gasteiger charge is 2.10. The van der Waals surface area contributed by atoms with Crippen LogP contribution >= 0.6 is 11.3 Å². The fraction of sp³-hybridized carbons (Fsp3) is 0.188. The first-order valence-corrected chi connectivity index (χ1v) is 7.42. The van der Waals surface area contributed by atoms with Gasteiger partial charge in [0.15, 0.2) is 0 Å². The Morgan fingerprint density at radius 2 is 1.80 bits per heavy atom. The van der Waals surface area contributed by atoms with E-state index in [1.54, 1.807) is 11.3 Å². The van der Waals surface area contributed by atoms with E-state index in [1.807, 2.05) is 48.5 Å². The predicted molar refractivity (Wildman–Crippen MR) is 82.7 cm³/mol. The molecule has 0 saturated heterocycles. The maximum Gasteiger partial charge on any atom is 0.108 e. The van der Waals surface area contributed by atoms with Crippen molar-refractivity contribution < 1.29 is 5.11 Å². The van der Waals surface area contributed by atoms with Gasteiger partial charge in [-0.2, -0.15) is 0 Å². The molecular weight excluding hydrogens is 268 g/mol. The molecule has 1 aromatic heterocycles. The third-order valence-electron chi connectivity index (χ3n) is 3.22. The minimum absolute atomic E-state index is 0.0526. The summed E-state index contributed by atoms with van der Waals surface area (Å²) in [5, 5.41) is 13.9. The van der Waals surface area contributed by atoms with Crippen LogP contribution in [0.15, 0.2) is 54.6 Å². The molecule has 0 spiro atoms. The fourth-order valence-corrected chi connectivity index (χ4v) is 3.10. The zero-order valence-electron chi connectivity index (χ0n) is 11.0. The Labute approximate surface area is 121 Å². The van der Waals surface area contributed by atoms with Crippen LogP contribution in [0.4, 0.5) is 0 Å². The van der Waals surface area contributed by atoms with Crippen molar-refractivity contribution in [3.8, 4) is 0 Å². The molecule has 2 aromatic carbocycles. The summed E-state index contributed by atoms with van der Waals surface area (Å²) in [7, 11) is 0. The summed E-state index contributed by atoms with van der Waals surface area (Å²) in [6, 6.07) is 18.1. The first-order valence-electron chi connectivity index (χ1n) is 6.60. The highest BCUT2D eigenvalue weighted by molar-refractivity contribution is 7.18. The minimum Gasteiger partial charge on any atom is -0.394 e. The molecule has 102 valence electrons. The lowest BCUT2D eigenvalue weighted by Crippen LogP contribution is -2.23. The number of rotatable bonds is 5. The van der Waals surface area contributed by atoms with E-state index in [4.69, 9.17) is 0 Å². The normalized spacial score (nSPS) is 12.7. The maximum atomic E-state index is 9.52. The van der Waals surface area contributed by atoms with Gasteiger partial charge in [0.2, 0.25) is 0 Å². The summed E-state index contributed by atoms with van der Waals surface area (Å²) in [5.41, 5.74) is 2.13. The van der Waals surface area contributed by atoms with E-state index in [9.17, 15) is 5.11 Å². The van der Waals surface area contributed by atoms with E-state index in [1.165, 1.54) is 4.70 Å². The summed E-state index contributed by atoms with van der Waals surface area (Å²) in [5.74, 6) is 0. The third-order valence-corrected chi connectivity index (χ3v) is 4.26. The monoisotopic (exact) mass is 284 g/mol. The maximum absolute atomic E-state index is 9.52. The summed E-state index contributed by atoms with van der Waals surface area (Å²) >= 11 is 1.69. The Hall–Kier alpha value is -1.75. The van der Waals surface area contributed by atoms with Gasteiger partial charge in [-0.05, 0) is 17.7 Å². The number of hydrogen-bond donors (Lipinski definition) is 2. The molecule has 1 heterocycles. The number of benzene rings is 2. The second-order valence-electron chi connectivity index (χ2n) is 4.60. The highest BCUT2D eigenvalue weighted by Crippen LogP contribution is 2.22. The predicted octanol–water partition coefficient (Wildman–Crippen LogP) is 3.12. The molecule has 1 atom stereocenters. The number of nitrogens with zero attached hydrogens (tertiary/aromatic N) is 1. The van der Waals surface area contributed by atoms with Crippen LogP contribution in [0, 0.1) is 0 Å². The third kappa shape index (κ3) is 2.88. The molecule has 2 N–H and O–H groups in total. The van der Waals surface area contributed by atoms with Crippen LogP contribution in [-0.4, -0.2) is 16.7 Å². The smallest absolute Gasteiger partial charge is 0.108 e. The van der Waals surface area contributed by atoms with Crippen molar-refractivity contribution in [2.45, 2.75) is 12.6 Å².